The molecule has 7 nitrogen and oxygen atoms in total. The molecule has 1 N–H and O–H groups in total. The number of carbonyl (C=O) groups is 1. The Kier molecular flexibility index (Phi) is 7.42. The third-order valence-corrected chi connectivity index (χ3v) is 9.94. The zero-order chi connectivity index (χ0) is 29.3. The van der Waals surface area contributed by atoms with Gasteiger partial charge in [-0.1, -0.05) is 60.3 Å². The maximum absolute atomic E-state index is 14.0. The number of ether oxygens (including phenoxy) is 1. The quantitative estimate of drug-likeness (QED) is 0.0706. The van der Waals surface area contributed by atoms with Crippen LogP contribution in [0.4, 0.5) is 0 Å². The van der Waals surface area contributed by atoms with Crippen LogP contribution in [-0.2, 0) is 17.6 Å². The number of hydrogen-bond donors (Lipinski definition) is 1. The van der Waals surface area contributed by atoms with Crippen LogP contribution in [-0.4, -0.2) is 34.5 Å². The van der Waals surface area contributed by atoms with Crippen molar-refractivity contribution in [1.82, 2.24) is 15.0 Å². The molecular formula is C34H28N4O3S2. The summed E-state index contributed by atoms with van der Waals surface area (Å²) in [5, 5.41) is 9.85. The number of thiophene rings is 1. The summed E-state index contributed by atoms with van der Waals surface area (Å²) < 4.78 is 6.94. The molecule has 2 heterocycles. The smallest absolute Gasteiger partial charge is 0.267 e. The van der Waals surface area contributed by atoms with Gasteiger partial charge in [0.05, 0.1) is 30.2 Å². The second-order valence-electron chi connectivity index (χ2n) is 10.4. The van der Waals surface area contributed by atoms with E-state index in [0.29, 0.717) is 22.0 Å². The molecule has 1 aliphatic carbocycles. The van der Waals surface area contributed by atoms with Gasteiger partial charge in [-0.15, -0.1) is 11.3 Å². The first-order valence-electron chi connectivity index (χ1n) is 14.2. The molecule has 0 fully saturated rings. The minimum absolute atomic E-state index is 0.0484. The summed E-state index contributed by atoms with van der Waals surface area (Å²) in [5.41, 5.74) is 5.34. The highest BCUT2D eigenvalue weighted by atomic mass is 32.2. The van der Waals surface area contributed by atoms with E-state index in [1.54, 1.807) is 29.2 Å². The molecular weight excluding hydrogens is 577 g/mol. The van der Waals surface area contributed by atoms with Gasteiger partial charge in [0.25, 0.3) is 11.5 Å². The van der Waals surface area contributed by atoms with Gasteiger partial charge in [-0.3, -0.25) is 14.2 Å². The number of amides is 1. The number of methoxy groups -OCH3 is 1. The average molecular weight is 605 g/mol. The molecule has 0 spiro atoms. The first-order valence-corrected chi connectivity index (χ1v) is 16.0. The van der Waals surface area contributed by atoms with Crippen molar-refractivity contribution in [3.8, 4) is 11.4 Å². The molecule has 0 aliphatic heterocycles. The summed E-state index contributed by atoms with van der Waals surface area (Å²) in [5.74, 6) is 0.461. The molecule has 43 heavy (non-hydrogen) atoms. The van der Waals surface area contributed by atoms with E-state index < -0.39 is 0 Å². The molecule has 0 bridgehead atoms. The second-order valence-corrected chi connectivity index (χ2v) is 12.5. The number of hydrazone groups is 1. The fourth-order valence-corrected chi connectivity index (χ4v) is 7.87. The minimum atomic E-state index is -0.285. The van der Waals surface area contributed by atoms with Gasteiger partial charge in [-0.2, -0.15) is 5.10 Å². The molecule has 0 saturated heterocycles. The molecule has 4 aromatic carbocycles. The van der Waals surface area contributed by atoms with Gasteiger partial charge in [0, 0.05) is 10.4 Å². The van der Waals surface area contributed by atoms with Crippen LogP contribution in [0.2, 0.25) is 0 Å². The fourth-order valence-electron chi connectivity index (χ4n) is 5.76. The Hall–Kier alpha value is -4.47. The summed E-state index contributed by atoms with van der Waals surface area (Å²) in [7, 11) is 1.61. The van der Waals surface area contributed by atoms with E-state index in [9.17, 15) is 9.59 Å². The van der Waals surface area contributed by atoms with Crippen molar-refractivity contribution in [3.63, 3.8) is 0 Å². The number of hydrogen-bond acceptors (Lipinski definition) is 7. The molecule has 0 radical (unpaired) electrons. The van der Waals surface area contributed by atoms with E-state index >= 15 is 0 Å². The van der Waals surface area contributed by atoms with Crippen LogP contribution < -0.4 is 15.7 Å². The summed E-state index contributed by atoms with van der Waals surface area (Å²) in [6.07, 6.45) is 5.79. The van der Waals surface area contributed by atoms with Crippen molar-refractivity contribution in [2.24, 2.45) is 5.10 Å². The van der Waals surface area contributed by atoms with E-state index in [0.717, 1.165) is 63.2 Å². The lowest BCUT2D eigenvalue weighted by Crippen LogP contribution is -2.24. The molecule has 6 aromatic rings. The molecule has 0 atom stereocenters. The third-order valence-electron chi connectivity index (χ3n) is 7.82. The van der Waals surface area contributed by atoms with E-state index in [4.69, 9.17) is 9.72 Å². The molecule has 0 saturated carbocycles. The predicted molar refractivity (Wildman–Crippen MR) is 176 cm³/mol. The summed E-state index contributed by atoms with van der Waals surface area (Å²) >= 11 is 2.83. The minimum Gasteiger partial charge on any atom is -0.497 e. The zero-order valence-corrected chi connectivity index (χ0v) is 25.1. The largest absolute Gasteiger partial charge is 0.497 e. The van der Waals surface area contributed by atoms with Crippen LogP contribution in [0.5, 0.6) is 5.75 Å². The number of thioether (sulfide) groups is 1. The number of aromatic nitrogens is 2. The van der Waals surface area contributed by atoms with Crippen molar-refractivity contribution < 1.29 is 9.53 Å². The average Bonchev–Trinajstić information content (AvgIpc) is 3.42. The van der Waals surface area contributed by atoms with Crippen molar-refractivity contribution in [2.45, 2.75) is 30.8 Å². The van der Waals surface area contributed by atoms with Gasteiger partial charge in [-0.25, -0.2) is 10.4 Å². The van der Waals surface area contributed by atoms with Crippen LogP contribution in [0.3, 0.4) is 0 Å². The summed E-state index contributed by atoms with van der Waals surface area (Å²) in [6, 6.07) is 25.8. The van der Waals surface area contributed by atoms with E-state index in [2.05, 4.69) is 40.9 Å². The van der Waals surface area contributed by atoms with Gasteiger partial charge in [0.1, 0.15) is 10.6 Å². The molecule has 0 unspecified atom stereocenters. The van der Waals surface area contributed by atoms with Crippen molar-refractivity contribution in [1.29, 1.82) is 0 Å². The molecule has 7 rings (SSSR count). The van der Waals surface area contributed by atoms with Crippen molar-refractivity contribution in [3.05, 3.63) is 105 Å². The van der Waals surface area contributed by atoms with Crippen molar-refractivity contribution >= 4 is 67.0 Å². The third kappa shape index (κ3) is 5.19. The zero-order valence-electron chi connectivity index (χ0n) is 23.5. The van der Waals surface area contributed by atoms with Crippen LogP contribution in [0, 0.1) is 0 Å². The lowest BCUT2D eigenvalue weighted by atomic mass is 9.97. The first-order chi connectivity index (χ1) is 21.1. The van der Waals surface area contributed by atoms with E-state index in [-0.39, 0.29) is 17.2 Å². The van der Waals surface area contributed by atoms with E-state index in [1.165, 1.54) is 16.6 Å². The summed E-state index contributed by atoms with van der Waals surface area (Å²) in [6.45, 7) is 0. The maximum Gasteiger partial charge on any atom is 0.267 e. The number of aryl methyl sites for hydroxylation is 2. The van der Waals surface area contributed by atoms with Gasteiger partial charge in [0.2, 0.25) is 0 Å². The Labute approximate surface area is 256 Å². The SMILES string of the molecule is COc1ccc(-n2c(SCC(=O)NN=Cc3c4ccccc4cc4ccccc34)nc3sc4c(c3c2=O)CCCC4)cc1. The Morgan fingerprint density at radius 2 is 1.72 bits per heavy atom. The maximum atomic E-state index is 14.0. The summed E-state index contributed by atoms with van der Waals surface area (Å²) in [4.78, 5) is 33.9. The van der Waals surface area contributed by atoms with Crippen LogP contribution >= 0.6 is 23.1 Å². The van der Waals surface area contributed by atoms with Gasteiger partial charge in [-0.05, 0) is 83.1 Å². The van der Waals surface area contributed by atoms with Gasteiger partial charge in [0.15, 0.2) is 5.16 Å². The fraction of sp³-hybridized carbons (Fsp3) is 0.176. The highest BCUT2D eigenvalue weighted by Crippen LogP contribution is 2.35. The molecule has 1 aliphatic rings. The predicted octanol–water partition coefficient (Wildman–Crippen LogP) is 6.88. The Bertz CT molecular complexity index is 2040. The van der Waals surface area contributed by atoms with E-state index in [1.807, 2.05) is 48.5 Å². The van der Waals surface area contributed by atoms with Crippen LogP contribution in [0.25, 0.3) is 37.4 Å². The Morgan fingerprint density at radius 1 is 1.02 bits per heavy atom. The Morgan fingerprint density at radius 3 is 2.44 bits per heavy atom. The van der Waals surface area contributed by atoms with Gasteiger partial charge >= 0.3 is 0 Å². The molecule has 9 heteroatoms. The number of fused-ring (bicyclic) bond motifs is 5. The highest BCUT2D eigenvalue weighted by Gasteiger charge is 2.23. The first kappa shape index (κ1) is 27.4. The second kappa shape index (κ2) is 11.7. The number of nitrogens with zero attached hydrogens (tertiary/aromatic N) is 3. The lowest BCUT2D eigenvalue weighted by Gasteiger charge is -2.14. The topological polar surface area (TPSA) is 85.6 Å². The monoisotopic (exact) mass is 604 g/mol. The molecule has 1 amide bonds. The van der Waals surface area contributed by atoms with Crippen molar-refractivity contribution in [2.75, 3.05) is 12.9 Å². The number of rotatable bonds is 7. The standard InChI is InChI=1S/C34H28N4O3S2/c1-41-24-16-14-23(15-17-24)38-33(40)31-27-12-6-7-13-29(27)43-32(31)36-34(38)42-20-30(39)37-35-19-28-25-10-4-2-8-21(25)18-22-9-3-5-11-26(22)28/h2-5,8-11,14-19H,6-7,12-13,20H2,1H3,(H,37,39). The number of nitrogens with one attached hydrogen (secondary N) is 1. The number of benzene rings is 4. The van der Waals surface area contributed by atoms with Crippen LogP contribution in [0.1, 0.15) is 28.8 Å². The Balaban J connectivity index is 1.18. The normalized spacial score (nSPS) is 13.1. The lowest BCUT2D eigenvalue weighted by molar-refractivity contribution is -0.118. The molecule has 2 aromatic heterocycles. The number of carbonyl (C=O) groups excluding carboxylic acids is 1. The highest BCUT2D eigenvalue weighted by molar-refractivity contribution is 7.99. The molecule has 214 valence electrons. The van der Waals surface area contributed by atoms with Gasteiger partial charge < -0.3 is 4.74 Å². The van der Waals surface area contributed by atoms with Crippen LogP contribution in [0.15, 0.2) is 93.9 Å².